The number of nitrogens with zero attached hydrogens (tertiary/aromatic N) is 2. The largest absolute Gasteiger partial charge is 0.232 e. The Kier molecular flexibility index (Phi) is 4.14. The van der Waals surface area contributed by atoms with Gasteiger partial charge in [-0.05, 0) is 24.3 Å². The zero-order valence-corrected chi connectivity index (χ0v) is 13.6. The highest BCUT2D eigenvalue weighted by Gasteiger charge is 2.12. The minimum Gasteiger partial charge on any atom is -0.232 e. The second-order valence-corrected chi connectivity index (χ2v) is 5.64. The average Bonchev–Trinajstić information content (AvgIpc) is 3.12. The van der Waals surface area contributed by atoms with E-state index < -0.39 is 0 Å². The summed E-state index contributed by atoms with van der Waals surface area (Å²) in [5.41, 5.74) is 5.04. The summed E-state index contributed by atoms with van der Waals surface area (Å²) in [4.78, 5) is 0. The van der Waals surface area contributed by atoms with Crippen LogP contribution in [-0.4, -0.2) is 9.78 Å². The van der Waals surface area contributed by atoms with Crippen LogP contribution in [-0.2, 0) is 0 Å². The van der Waals surface area contributed by atoms with Gasteiger partial charge in [0.05, 0.1) is 23.1 Å². The quantitative estimate of drug-likeness (QED) is 0.478. The average molecular weight is 320 g/mol. The fraction of sp³-hybridized carbons (Fsp3) is 0. The van der Waals surface area contributed by atoms with Crippen molar-refractivity contribution in [2.45, 2.75) is 0 Å². The molecular weight excluding hydrogens is 304 g/mol. The highest BCUT2D eigenvalue weighted by molar-refractivity contribution is 5.70. The van der Waals surface area contributed by atoms with Gasteiger partial charge in [-0.2, -0.15) is 5.10 Å². The van der Waals surface area contributed by atoms with Crippen molar-refractivity contribution in [1.82, 2.24) is 9.78 Å². The molecule has 0 unspecified atom stereocenters. The van der Waals surface area contributed by atoms with E-state index in [1.165, 1.54) is 0 Å². The normalized spacial score (nSPS) is 10.1. The van der Waals surface area contributed by atoms with Crippen molar-refractivity contribution in [1.29, 1.82) is 0 Å². The van der Waals surface area contributed by atoms with Crippen LogP contribution in [0.4, 0.5) is 0 Å². The summed E-state index contributed by atoms with van der Waals surface area (Å²) in [6, 6.07) is 30.4. The SMILES string of the molecule is C(#Cc1cnn(-c2ccccc2)c1-c1ccccc1)c1ccccc1. The molecule has 3 aromatic carbocycles. The highest BCUT2D eigenvalue weighted by atomic mass is 15.3. The molecule has 0 aliphatic carbocycles. The van der Waals surface area contributed by atoms with Crippen LogP contribution >= 0.6 is 0 Å². The summed E-state index contributed by atoms with van der Waals surface area (Å²) >= 11 is 0. The molecule has 0 aliphatic heterocycles. The predicted octanol–water partition coefficient (Wildman–Crippen LogP) is 4.94. The zero-order chi connectivity index (χ0) is 16.9. The number of para-hydroxylation sites is 1. The van der Waals surface area contributed by atoms with Crippen LogP contribution in [0.15, 0.2) is 97.2 Å². The Morgan fingerprint density at radius 3 is 1.92 bits per heavy atom. The van der Waals surface area contributed by atoms with Gasteiger partial charge >= 0.3 is 0 Å². The maximum atomic E-state index is 4.59. The molecule has 0 bridgehead atoms. The fourth-order valence-corrected chi connectivity index (χ4v) is 2.74. The number of hydrogen-bond donors (Lipinski definition) is 0. The van der Waals surface area contributed by atoms with E-state index in [0.29, 0.717) is 0 Å². The van der Waals surface area contributed by atoms with Crippen molar-refractivity contribution < 1.29 is 0 Å². The lowest BCUT2D eigenvalue weighted by atomic mass is 10.1. The van der Waals surface area contributed by atoms with Crippen molar-refractivity contribution in [3.8, 4) is 28.8 Å². The van der Waals surface area contributed by atoms with E-state index in [4.69, 9.17) is 0 Å². The summed E-state index contributed by atoms with van der Waals surface area (Å²) in [6.45, 7) is 0. The lowest BCUT2D eigenvalue weighted by molar-refractivity contribution is 0.888. The molecule has 1 aromatic heterocycles. The van der Waals surface area contributed by atoms with Gasteiger partial charge < -0.3 is 0 Å². The van der Waals surface area contributed by atoms with Gasteiger partial charge in [0.15, 0.2) is 0 Å². The predicted molar refractivity (Wildman–Crippen MR) is 101 cm³/mol. The van der Waals surface area contributed by atoms with Crippen molar-refractivity contribution in [3.63, 3.8) is 0 Å². The summed E-state index contributed by atoms with van der Waals surface area (Å²) in [5, 5.41) is 4.59. The smallest absolute Gasteiger partial charge is 0.0897 e. The number of hydrogen-bond acceptors (Lipinski definition) is 1. The Morgan fingerprint density at radius 1 is 0.640 bits per heavy atom. The van der Waals surface area contributed by atoms with Crippen LogP contribution in [0.3, 0.4) is 0 Å². The molecule has 2 nitrogen and oxygen atoms in total. The Hall–Kier alpha value is -3.57. The topological polar surface area (TPSA) is 17.8 Å². The van der Waals surface area contributed by atoms with E-state index in [0.717, 1.165) is 28.1 Å². The molecule has 4 rings (SSSR count). The number of rotatable bonds is 2. The molecule has 0 saturated heterocycles. The number of benzene rings is 3. The monoisotopic (exact) mass is 320 g/mol. The van der Waals surface area contributed by atoms with Crippen LogP contribution in [0, 0.1) is 11.8 Å². The molecule has 0 fully saturated rings. The lowest BCUT2D eigenvalue weighted by Gasteiger charge is -2.08. The first-order valence-corrected chi connectivity index (χ1v) is 8.18. The van der Waals surface area contributed by atoms with Gasteiger partial charge in [-0.1, -0.05) is 78.6 Å². The van der Waals surface area contributed by atoms with Crippen LogP contribution in [0.25, 0.3) is 16.9 Å². The Balaban J connectivity index is 1.86. The van der Waals surface area contributed by atoms with Gasteiger partial charge in [0.2, 0.25) is 0 Å². The molecule has 0 aliphatic rings. The van der Waals surface area contributed by atoms with E-state index in [1.54, 1.807) is 0 Å². The number of aromatic nitrogens is 2. The van der Waals surface area contributed by atoms with Gasteiger partial charge in [-0.15, -0.1) is 0 Å². The van der Waals surface area contributed by atoms with E-state index in [2.05, 4.69) is 29.1 Å². The minimum absolute atomic E-state index is 0.916. The second kappa shape index (κ2) is 6.90. The van der Waals surface area contributed by atoms with E-state index >= 15 is 0 Å². The van der Waals surface area contributed by atoms with Crippen LogP contribution in [0.5, 0.6) is 0 Å². The fourth-order valence-electron chi connectivity index (χ4n) is 2.74. The van der Waals surface area contributed by atoms with Gasteiger partial charge in [0, 0.05) is 11.1 Å². The summed E-state index contributed by atoms with van der Waals surface area (Å²) in [5.74, 6) is 6.52. The van der Waals surface area contributed by atoms with Crippen LogP contribution in [0.1, 0.15) is 11.1 Å². The summed E-state index contributed by atoms with van der Waals surface area (Å²) in [7, 11) is 0. The molecular formula is C23H16N2. The third-order valence-electron chi connectivity index (χ3n) is 3.93. The Bertz CT molecular complexity index is 1020. The maximum Gasteiger partial charge on any atom is 0.0897 e. The van der Waals surface area contributed by atoms with E-state index in [9.17, 15) is 0 Å². The second-order valence-electron chi connectivity index (χ2n) is 5.64. The third kappa shape index (κ3) is 3.22. The zero-order valence-electron chi connectivity index (χ0n) is 13.6. The van der Waals surface area contributed by atoms with E-state index in [1.807, 2.05) is 89.7 Å². The molecule has 1 heterocycles. The molecule has 25 heavy (non-hydrogen) atoms. The lowest BCUT2D eigenvalue weighted by Crippen LogP contribution is -1.99. The third-order valence-corrected chi connectivity index (χ3v) is 3.93. The van der Waals surface area contributed by atoms with Crippen molar-refractivity contribution in [3.05, 3.63) is 108 Å². The van der Waals surface area contributed by atoms with Crippen molar-refractivity contribution >= 4 is 0 Å². The molecule has 0 atom stereocenters. The first kappa shape index (κ1) is 15.0. The summed E-state index contributed by atoms with van der Waals surface area (Å²) in [6.07, 6.45) is 1.84. The molecule has 0 amide bonds. The van der Waals surface area contributed by atoms with E-state index in [-0.39, 0.29) is 0 Å². The van der Waals surface area contributed by atoms with Crippen LogP contribution in [0.2, 0.25) is 0 Å². The Labute approximate surface area is 147 Å². The molecule has 4 aromatic rings. The van der Waals surface area contributed by atoms with Gasteiger partial charge in [-0.3, -0.25) is 0 Å². The van der Waals surface area contributed by atoms with Crippen LogP contribution < -0.4 is 0 Å². The molecule has 2 heteroatoms. The van der Waals surface area contributed by atoms with Crippen molar-refractivity contribution in [2.24, 2.45) is 0 Å². The van der Waals surface area contributed by atoms with Crippen molar-refractivity contribution in [2.75, 3.05) is 0 Å². The van der Waals surface area contributed by atoms with Gasteiger partial charge in [-0.25, -0.2) is 4.68 Å². The minimum atomic E-state index is 0.916. The molecule has 0 spiro atoms. The van der Waals surface area contributed by atoms with Gasteiger partial charge in [0.25, 0.3) is 0 Å². The summed E-state index contributed by atoms with van der Waals surface area (Å²) < 4.78 is 1.95. The Morgan fingerprint density at radius 2 is 1.24 bits per heavy atom. The molecule has 0 radical (unpaired) electrons. The highest BCUT2D eigenvalue weighted by Crippen LogP contribution is 2.26. The molecule has 0 saturated carbocycles. The first-order valence-electron chi connectivity index (χ1n) is 8.18. The first-order chi connectivity index (χ1) is 12.4. The maximum absolute atomic E-state index is 4.59. The standard InChI is InChI=1S/C23H16N2/c1-4-10-19(11-5-1)16-17-21-18-24-25(22-14-8-3-9-15-22)23(21)20-12-6-2-7-13-20/h1-15,18H. The molecule has 118 valence electrons. The molecule has 0 N–H and O–H groups in total. The van der Waals surface area contributed by atoms with Gasteiger partial charge in [0.1, 0.15) is 0 Å².